The highest BCUT2D eigenvalue weighted by Crippen LogP contribution is 2.32. The van der Waals surface area contributed by atoms with E-state index in [2.05, 4.69) is 28.9 Å². The molecule has 4 heteroatoms. The van der Waals surface area contributed by atoms with Gasteiger partial charge in [-0.15, -0.1) is 0 Å². The third-order valence-electron chi connectivity index (χ3n) is 6.04. The lowest BCUT2D eigenvalue weighted by Gasteiger charge is -2.34. The highest BCUT2D eigenvalue weighted by Gasteiger charge is 2.24. The molecule has 0 amide bonds. The van der Waals surface area contributed by atoms with Crippen molar-refractivity contribution in [2.45, 2.75) is 51.7 Å². The quantitative estimate of drug-likeness (QED) is 0.852. The van der Waals surface area contributed by atoms with E-state index in [-0.39, 0.29) is 0 Å². The van der Waals surface area contributed by atoms with Crippen LogP contribution in [0.2, 0.25) is 0 Å². The molecule has 0 unspecified atom stereocenters. The summed E-state index contributed by atoms with van der Waals surface area (Å²) in [6, 6.07) is 4.33. The Morgan fingerprint density at radius 3 is 2.68 bits per heavy atom. The number of aromatic nitrogens is 1. The average molecular weight is 342 g/mol. The number of aromatic amines is 1. The molecule has 0 bridgehead atoms. The maximum absolute atomic E-state index is 6.15. The average Bonchev–Trinajstić information content (AvgIpc) is 3.07. The minimum absolute atomic E-state index is 0.462. The fourth-order valence-corrected chi connectivity index (χ4v) is 4.17. The van der Waals surface area contributed by atoms with Crippen molar-refractivity contribution in [2.24, 2.45) is 5.92 Å². The lowest BCUT2D eigenvalue weighted by atomic mass is 9.86. The van der Waals surface area contributed by atoms with Crippen molar-refractivity contribution in [3.63, 3.8) is 0 Å². The number of aryl methyl sites for hydroxylation is 1. The molecule has 2 heterocycles. The topological polar surface area (TPSA) is 37.5 Å². The number of H-pyrrole nitrogens is 1. The van der Waals surface area contributed by atoms with E-state index in [1.54, 1.807) is 7.11 Å². The number of hydrogen-bond acceptors (Lipinski definition) is 3. The fourth-order valence-electron chi connectivity index (χ4n) is 4.17. The van der Waals surface area contributed by atoms with Gasteiger partial charge in [-0.05, 0) is 56.2 Å². The summed E-state index contributed by atoms with van der Waals surface area (Å²) in [5.41, 5.74) is 3.77. The van der Waals surface area contributed by atoms with Crippen LogP contribution in [0.5, 0.6) is 5.75 Å². The highest BCUT2D eigenvalue weighted by atomic mass is 16.5. The normalized spacial score (nSPS) is 20.1. The Morgan fingerprint density at radius 1 is 1.20 bits per heavy atom. The molecular weight excluding hydrogens is 312 g/mol. The van der Waals surface area contributed by atoms with Gasteiger partial charge in [0.05, 0.1) is 13.2 Å². The number of likely N-dealkylation sites (tertiary alicyclic amines) is 1. The van der Waals surface area contributed by atoms with Gasteiger partial charge in [-0.25, -0.2) is 0 Å². The van der Waals surface area contributed by atoms with E-state index in [1.807, 2.05) is 6.20 Å². The van der Waals surface area contributed by atoms with E-state index in [0.717, 1.165) is 50.8 Å². The molecule has 4 rings (SSSR count). The van der Waals surface area contributed by atoms with Crippen LogP contribution in [-0.4, -0.2) is 42.8 Å². The second-order valence-electron chi connectivity index (χ2n) is 7.75. The molecular formula is C21H30N2O2. The number of rotatable bonds is 6. The number of benzene rings is 1. The van der Waals surface area contributed by atoms with Crippen LogP contribution in [0.1, 0.15) is 43.2 Å². The predicted molar refractivity (Wildman–Crippen MR) is 101 cm³/mol. The van der Waals surface area contributed by atoms with E-state index >= 15 is 0 Å². The number of hydrogen-bond donors (Lipinski definition) is 1. The lowest BCUT2D eigenvalue weighted by molar-refractivity contribution is -0.0227. The zero-order valence-corrected chi connectivity index (χ0v) is 15.5. The largest absolute Gasteiger partial charge is 0.496 e. The van der Waals surface area contributed by atoms with Crippen molar-refractivity contribution in [2.75, 3.05) is 26.8 Å². The maximum atomic E-state index is 6.15. The van der Waals surface area contributed by atoms with Gasteiger partial charge in [0, 0.05) is 48.9 Å². The summed E-state index contributed by atoms with van der Waals surface area (Å²) < 4.78 is 11.8. The molecule has 1 saturated heterocycles. The number of nitrogens with one attached hydrogen (secondary N) is 1. The molecule has 0 radical (unpaired) electrons. The van der Waals surface area contributed by atoms with E-state index in [0.29, 0.717) is 6.10 Å². The lowest BCUT2D eigenvalue weighted by Crippen LogP contribution is -2.37. The smallest absolute Gasteiger partial charge is 0.124 e. The Kier molecular flexibility index (Phi) is 5.00. The molecule has 1 saturated carbocycles. The Bertz CT molecular complexity index is 712. The van der Waals surface area contributed by atoms with Gasteiger partial charge in [-0.1, -0.05) is 6.42 Å². The Hall–Kier alpha value is -1.52. The van der Waals surface area contributed by atoms with Gasteiger partial charge < -0.3 is 14.5 Å². The third-order valence-corrected chi connectivity index (χ3v) is 6.04. The molecule has 25 heavy (non-hydrogen) atoms. The van der Waals surface area contributed by atoms with Crippen LogP contribution in [0.3, 0.4) is 0 Å². The minimum atomic E-state index is 0.462. The summed E-state index contributed by atoms with van der Waals surface area (Å²) >= 11 is 0. The zero-order valence-electron chi connectivity index (χ0n) is 15.5. The van der Waals surface area contributed by atoms with Crippen molar-refractivity contribution in [3.05, 3.63) is 29.5 Å². The standard InChI is InChI=1S/C21H30N2O2/c1-15-12-20(24-2)19(18-6-9-22-21(15)18)13-23-10-7-17(8-11-23)25-14-16-4-3-5-16/h6,9,12,16-17,22H,3-5,7-8,10-11,13-14H2,1-2H3. The van der Waals surface area contributed by atoms with Crippen LogP contribution in [0.15, 0.2) is 18.3 Å². The van der Waals surface area contributed by atoms with Crippen LogP contribution < -0.4 is 4.74 Å². The van der Waals surface area contributed by atoms with Crippen molar-refractivity contribution in [1.29, 1.82) is 0 Å². The molecule has 1 aromatic carbocycles. The van der Waals surface area contributed by atoms with Gasteiger partial charge in [0.1, 0.15) is 5.75 Å². The third kappa shape index (κ3) is 3.56. The molecule has 2 aromatic rings. The van der Waals surface area contributed by atoms with E-state index in [9.17, 15) is 0 Å². The molecule has 1 N–H and O–H groups in total. The van der Waals surface area contributed by atoms with Crippen molar-refractivity contribution < 1.29 is 9.47 Å². The molecule has 1 aliphatic heterocycles. The number of ether oxygens (including phenoxy) is 2. The van der Waals surface area contributed by atoms with Crippen LogP contribution in [0, 0.1) is 12.8 Å². The van der Waals surface area contributed by atoms with Crippen LogP contribution >= 0.6 is 0 Å². The van der Waals surface area contributed by atoms with Crippen LogP contribution in [-0.2, 0) is 11.3 Å². The number of fused-ring (bicyclic) bond motifs is 1. The van der Waals surface area contributed by atoms with Gasteiger partial charge in [-0.3, -0.25) is 4.90 Å². The SMILES string of the molecule is COc1cc(C)c2[nH]ccc2c1CN1CCC(OCC2CCC2)CC1. The molecule has 1 aromatic heterocycles. The maximum Gasteiger partial charge on any atom is 0.124 e. The minimum Gasteiger partial charge on any atom is -0.496 e. The van der Waals surface area contributed by atoms with E-state index < -0.39 is 0 Å². The van der Waals surface area contributed by atoms with Gasteiger partial charge in [0.15, 0.2) is 0 Å². The van der Waals surface area contributed by atoms with Crippen LogP contribution in [0.25, 0.3) is 10.9 Å². The summed E-state index contributed by atoms with van der Waals surface area (Å²) in [6.07, 6.45) is 8.94. The fraction of sp³-hybridized carbons (Fsp3) is 0.619. The number of piperidine rings is 1. The highest BCUT2D eigenvalue weighted by molar-refractivity contribution is 5.88. The Morgan fingerprint density at radius 2 is 2.00 bits per heavy atom. The second kappa shape index (κ2) is 7.38. The first-order chi connectivity index (χ1) is 12.2. The van der Waals surface area contributed by atoms with Crippen molar-refractivity contribution in [3.8, 4) is 5.75 Å². The first-order valence-electron chi connectivity index (χ1n) is 9.72. The summed E-state index contributed by atoms with van der Waals surface area (Å²) in [5.74, 6) is 1.85. The van der Waals surface area contributed by atoms with Gasteiger partial charge in [0.25, 0.3) is 0 Å². The zero-order chi connectivity index (χ0) is 17.2. The van der Waals surface area contributed by atoms with Gasteiger partial charge in [-0.2, -0.15) is 0 Å². The monoisotopic (exact) mass is 342 g/mol. The molecule has 0 spiro atoms. The van der Waals surface area contributed by atoms with Gasteiger partial charge in [0.2, 0.25) is 0 Å². The van der Waals surface area contributed by atoms with Crippen molar-refractivity contribution in [1.82, 2.24) is 9.88 Å². The summed E-state index contributed by atoms with van der Waals surface area (Å²) in [7, 11) is 1.78. The molecule has 2 aliphatic rings. The first kappa shape index (κ1) is 16.9. The van der Waals surface area contributed by atoms with Crippen molar-refractivity contribution >= 4 is 10.9 Å². The predicted octanol–water partition coefficient (Wildman–Crippen LogP) is 4.27. The molecule has 4 nitrogen and oxygen atoms in total. The van der Waals surface area contributed by atoms with E-state index in [4.69, 9.17) is 9.47 Å². The molecule has 2 fully saturated rings. The summed E-state index contributed by atoms with van der Waals surface area (Å²) in [4.78, 5) is 5.91. The summed E-state index contributed by atoms with van der Waals surface area (Å²) in [5, 5.41) is 1.29. The Labute approximate surface area is 150 Å². The summed E-state index contributed by atoms with van der Waals surface area (Å²) in [6.45, 7) is 6.29. The number of methoxy groups -OCH3 is 1. The molecule has 136 valence electrons. The molecule has 1 aliphatic carbocycles. The first-order valence-corrected chi connectivity index (χ1v) is 9.72. The van der Waals surface area contributed by atoms with E-state index in [1.165, 1.54) is 41.3 Å². The van der Waals surface area contributed by atoms with Gasteiger partial charge >= 0.3 is 0 Å². The second-order valence-corrected chi connectivity index (χ2v) is 7.75. The molecule has 0 atom stereocenters. The number of nitrogens with zero attached hydrogens (tertiary/aromatic N) is 1. The Balaban J connectivity index is 1.39. The van der Waals surface area contributed by atoms with Crippen LogP contribution in [0.4, 0.5) is 0 Å².